The Morgan fingerprint density at radius 3 is 2.56 bits per heavy atom. The molecule has 1 atom stereocenters. The molecule has 0 radical (unpaired) electrons. The van der Waals surface area contributed by atoms with Gasteiger partial charge in [0.05, 0.1) is 23.3 Å². The Labute approximate surface area is 160 Å². The maximum Gasteiger partial charge on any atom is 0.260 e. The molecule has 144 valence electrons. The smallest absolute Gasteiger partial charge is 0.260 e. The molecule has 1 unspecified atom stereocenters. The molecule has 0 fully saturated rings. The van der Waals surface area contributed by atoms with Gasteiger partial charge in [-0.25, -0.2) is 13.3 Å². The standard InChI is InChI=1S/C20H24N2O4S/c1-4-14-6-10-18(15(12-14)7-8-16(23)5-2)22-27(25,26)17-9-11-20(24)19(13-17)21-3/h6,9-13,16,22-24H,4-5,7-8H2,1-2H3. The maximum absolute atomic E-state index is 12.7. The van der Waals surface area contributed by atoms with Gasteiger partial charge in [-0.15, -0.1) is 0 Å². The Bertz CT molecular complexity index is 949. The molecule has 3 N–H and O–H groups in total. The second-order valence-corrected chi connectivity index (χ2v) is 8.00. The maximum atomic E-state index is 12.7. The molecule has 0 bridgehead atoms. The van der Waals surface area contributed by atoms with E-state index in [4.69, 9.17) is 6.57 Å². The lowest BCUT2D eigenvalue weighted by atomic mass is 10.0. The van der Waals surface area contributed by atoms with Crippen LogP contribution in [-0.4, -0.2) is 24.7 Å². The van der Waals surface area contributed by atoms with E-state index in [0.29, 0.717) is 24.9 Å². The lowest BCUT2D eigenvalue weighted by molar-refractivity contribution is 0.161. The predicted molar refractivity (Wildman–Crippen MR) is 106 cm³/mol. The van der Waals surface area contributed by atoms with Gasteiger partial charge in [0.25, 0.3) is 10.0 Å². The average Bonchev–Trinajstić information content (AvgIpc) is 2.66. The fourth-order valence-corrected chi connectivity index (χ4v) is 3.78. The summed E-state index contributed by atoms with van der Waals surface area (Å²) >= 11 is 0. The molecular weight excluding hydrogens is 364 g/mol. The summed E-state index contributed by atoms with van der Waals surface area (Å²) in [6, 6.07) is 9.13. The first kappa shape index (κ1) is 20.7. The van der Waals surface area contributed by atoms with Crippen molar-refractivity contribution in [3.05, 3.63) is 58.9 Å². The molecule has 2 aromatic rings. The molecule has 0 aliphatic rings. The van der Waals surface area contributed by atoms with Crippen LogP contribution in [-0.2, 0) is 22.9 Å². The molecule has 0 aliphatic heterocycles. The minimum Gasteiger partial charge on any atom is -0.519 e. The van der Waals surface area contributed by atoms with Crippen molar-refractivity contribution in [2.24, 2.45) is 0 Å². The van der Waals surface area contributed by atoms with Crippen molar-refractivity contribution < 1.29 is 18.6 Å². The number of nitrogens with one attached hydrogen (secondary N) is 1. The number of anilines is 1. The number of phenolic OH excluding ortho intramolecular Hbond substituents is 1. The van der Waals surface area contributed by atoms with Crippen LogP contribution in [0.2, 0.25) is 0 Å². The number of hydrogen-bond donors (Lipinski definition) is 3. The van der Waals surface area contributed by atoms with Gasteiger partial charge in [0, 0.05) is 0 Å². The van der Waals surface area contributed by atoms with Crippen LogP contribution in [0.15, 0.2) is 41.3 Å². The number of phenols is 1. The van der Waals surface area contributed by atoms with Crippen LogP contribution in [0.1, 0.15) is 37.8 Å². The lowest BCUT2D eigenvalue weighted by Gasteiger charge is -2.15. The Balaban J connectivity index is 2.35. The summed E-state index contributed by atoms with van der Waals surface area (Å²) < 4.78 is 28.0. The van der Waals surface area contributed by atoms with Crippen molar-refractivity contribution in [3.8, 4) is 5.75 Å². The Hall–Kier alpha value is -2.56. The second-order valence-electron chi connectivity index (χ2n) is 6.31. The minimum atomic E-state index is -3.92. The number of aryl methyl sites for hydroxylation is 2. The van der Waals surface area contributed by atoms with Crippen molar-refractivity contribution in [2.75, 3.05) is 4.72 Å². The number of nitrogens with zero attached hydrogens (tertiary/aromatic N) is 1. The van der Waals surface area contributed by atoms with E-state index in [0.717, 1.165) is 23.6 Å². The summed E-state index contributed by atoms with van der Waals surface area (Å²) in [4.78, 5) is 3.04. The highest BCUT2D eigenvalue weighted by Crippen LogP contribution is 2.30. The van der Waals surface area contributed by atoms with E-state index in [2.05, 4.69) is 9.57 Å². The Kier molecular flexibility index (Phi) is 6.83. The lowest BCUT2D eigenvalue weighted by Crippen LogP contribution is -2.15. The van der Waals surface area contributed by atoms with Gasteiger partial charge in [-0.05, 0) is 61.1 Å². The largest absolute Gasteiger partial charge is 0.519 e. The Morgan fingerprint density at radius 1 is 1.19 bits per heavy atom. The molecule has 0 heterocycles. The van der Waals surface area contributed by atoms with Gasteiger partial charge in [0.15, 0.2) is 0 Å². The van der Waals surface area contributed by atoms with Gasteiger partial charge in [-0.3, -0.25) is 4.72 Å². The van der Waals surface area contributed by atoms with E-state index in [-0.39, 0.29) is 16.3 Å². The zero-order valence-corrected chi connectivity index (χ0v) is 16.3. The molecule has 0 saturated carbocycles. The number of sulfonamides is 1. The SMILES string of the molecule is [C-]#[N+]c1cc(S(=O)(=O)Nc2ccc(CC)cc2CCC(O)CC)ccc1O. The van der Waals surface area contributed by atoms with Crippen molar-refractivity contribution in [2.45, 2.75) is 50.5 Å². The molecule has 0 aliphatic carbocycles. The molecule has 0 aromatic heterocycles. The molecular formula is C20H24N2O4S. The first-order valence-electron chi connectivity index (χ1n) is 8.83. The summed E-state index contributed by atoms with van der Waals surface area (Å²) in [6.07, 6.45) is 2.12. The summed E-state index contributed by atoms with van der Waals surface area (Å²) in [5.41, 5.74) is 2.23. The van der Waals surface area contributed by atoms with E-state index in [1.165, 1.54) is 12.1 Å². The van der Waals surface area contributed by atoms with Crippen molar-refractivity contribution in [3.63, 3.8) is 0 Å². The van der Waals surface area contributed by atoms with Gasteiger partial charge < -0.3 is 10.2 Å². The fraction of sp³-hybridized carbons (Fsp3) is 0.350. The topological polar surface area (TPSA) is 91.0 Å². The minimum absolute atomic E-state index is 0.0922. The van der Waals surface area contributed by atoms with Gasteiger partial charge in [-0.2, -0.15) is 0 Å². The van der Waals surface area contributed by atoms with Crippen LogP contribution in [0.4, 0.5) is 11.4 Å². The fourth-order valence-electron chi connectivity index (χ4n) is 2.66. The molecule has 0 saturated heterocycles. The molecule has 6 nitrogen and oxygen atoms in total. The predicted octanol–water partition coefficient (Wildman–Crippen LogP) is 4.01. The highest BCUT2D eigenvalue weighted by molar-refractivity contribution is 7.92. The van der Waals surface area contributed by atoms with Crippen molar-refractivity contribution in [1.82, 2.24) is 0 Å². The van der Waals surface area contributed by atoms with Gasteiger partial charge in [0.1, 0.15) is 5.75 Å². The molecule has 0 spiro atoms. The van der Waals surface area contributed by atoms with Gasteiger partial charge in [0.2, 0.25) is 5.69 Å². The van der Waals surface area contributed by atoms with Crippen LogP contribution in [0.5, 0.6) is 5.75 Å². The number of rotatable bonds is 8. The summed E-state index contributed by atoms with van der Waals surface area (Å²) in [7, 11) is -3.92. The third-order valence-electron chi connectivity index (χ3n) is 4.42. The van der Waals surface area contributed by atoms with E-state index in [9.17, 15) is 18.6 Å². The summed E-state index contributed by atoms with van der Waals surface area (Å²) in [5.74, 6) is -0.259. The van der Waals surface area contributed by atoms with Crippen LogP contribution in [0.3, 0.4) is 0 Å². The quantitative estimate of drug-likeness (QED) is 0.596. The number of aliphatic hydroxyl groups excluding tert-OH is 1. The third-order valence-corrected chi connectivity index (χ3v) is 5.78. The normalized spacial score (nSPS) is 12.4. The van der Waals surface area contributed by atoms with E-state index in [1.54, 1.807) is 6.07 Å². The third kappa shape index (κ3) is 5.22. The molecule has 27 heavy (non-hydrogen) atoms. The Morgan fingerprint density at radius 2 is 1.93 bits per heavy atom. The average molecular weight is 388 g/mol. The van der Waals surface area contributed by atoms with Gasteiger partial charge in [-0.1, -0.05) is 26.0 Å². The van der Waals surface area contributed by atoms with E-state index < -0.39 is 16.1 Å². The summed E-state index contributed by atoms with van der Waals surface area (Å²) in [6.45, 7) is 10.9. The number of aliphatic hydroxyl groups is 1. The molecule has 2 rings (SSSR count). The van der Waals surface area contributed by atoms with Crippen LogP contribution < -0.4 is 4.72 Å². The van der Waals surface area contributed by atoms with Crippen LogP contribution in [0.25, 0.3) is 4.85 Å². The van der Waals surface area contributed by atoms with Crippen molar-refractivity contribution in [1.29, 1.82) is 0 Å². The number of aromatic hydroxyl groups is 1. The second kappa shape index (κ2) is 8.89. The monoisotopic (exact) mass is 388 g/mol. The van der Waals surface area contributed by atoms with Gasteiger partial charge >= 0.3 is 0 Å². The highest BCUT2D eigenvalue weighted by Gasteiger charge is 2.18. The number of benzene rings is 2. The molecule has 7 heteroatoms. The molecule has 0 amide bonds. The zero-order chi connectivity index (χ0) is 20.0. The number of hydrogen-bond acceptors (Lipinski definition) is 4. The first-order chi connectivity index (χ1) is 12.8. The zero-order valence-electron chi connectivity index (χ0n) is 15.4. The van der Waals surface area contributed by atoms with E-state index in [1.807, 2.05) is 26.0 Å². The first-order valence-corrected chi connectivity index (χ1v) is 10.3. The molecule has 2 aromatic carbocycles. The van der Waals surface area contributed by atoms with Crippen LogP contribution in [0, 0.1) is 6.57 Å². The van der Waals surface area contributed by atoms with E-state index >= 15 is 0 Å². The van der Waals surface area contributed by atoms with Crippen LogP contribution >= 0.6 is 0 Å². The summed E-state index contributed by atoms with van der Waals surface area (Å²) in [5, 5.41) is 19.4. The van der Waals surface area contributed by atoms with Crippen molar-refractivity contribution >= 4 is 21.4 Å². The highest BCUT2D eigenvalue weighted by atomic mass is 32.2.